The summed E-state index contributed by atoms with van der Waals surface area (Å²) < 4.78 is 5.60. The van der Waals surface area contributed by atoms with E-state index in [2.05, 4.69) is 30.5 Å². The van der Waals surface area contributed by atoms with Crippen LogP contribution in [0.15, 0.2) is 34.7 Å². The van der Waals surface area contributed by atoms with Crippen LogP contribution in [0.3, 0.4) is 0 Å². The summed E-state index contributed by atoms with van der Waals surface area (Å²) in [4.78, 5) is 13.0. The Morgan fingerprint density at radius 2 is 1.89 bits per heavy atom. The Balaban J connectivity index is 2.05. The van der Waals surface area contributed by atoms with E-state index in [1.54, 1.807) is 11.8 Å². The van der Waals surface area contributed by atoms with Crippen molar-refractivity contribution >= 4 is 23.3 Å². The van der Waals surface area contributed by atoms with E-state index in [9.17, 15) is 4.79 Å². The summed E-state index contributed by atoms with van der Waals surface area (Å²) >= 11 is 1.73. The second-order valence-electron chi connectivity index (χ2n) is 4.97. The molecule has 1 heterocycles. The first-order chi connectivity index (χ1) is 8.66. The number of thioether (sulfide) groups is 1. The van der Waals surface area contributed by atoms with Crippen LogP contribution in [0.4, 0.5) is 0 Å². The highest BCUT2D eigenvalue weighted by Crippen LogP contribution is 2.51. The summed E-state index contributed by atoms with van der Waals surface area (Å²) in [5.74, 6) is -0.140. The summed E-state index contributed by atoms with van der Waals surface area (Å²) in [6.07, 6.45) is 5.15. The first-order valence-corrected chi connectivity index (χ1v) is 7.48. The van der Waals surface area contributed by atoms with Crippen molar-refractivity contribution in [1.82, 2.24) is 0 Å². The van der Waals surface area contributed by atoms with Crippen LogP contribution in [-0.2, 0) is 9.53 Å². The number of carbonyl (C=O) groups excluding carboxylic acids is 1. The van der Waals surface area contributed by atoms with Crippen molar-refractivity contribution in [3.8, 4) is 0 Å². The van der Waals surface area contributed by atoms with Crippen LogP contribution in [0, 0.1) is 0 Å². The van der Waals surface area contributed by atoms with Crippen LogP contribution in [0.25, 0.3) is 5.57 Å². The number of benzene rings is 1. The lowest BCUT2D eigenvalue weighted by atomic mass is 9.72. The van der Waals surface area contributed by atoms with E-state index in [-0.39, 0.29) is 11.6 Å². The van der Waals surface area contributed by atoms with Gasteiger partial charge in [-0.2, -0.15) is 0 Å². The third-order valence-electron chi connectivity index (χ3n) is 3.96. The molecule has 1 aromatic carbocycles. The monoisotopic (exact) mass is 260 g/mol. The van der Waals surface area contributed by atoms with Gasteiger partial charge in [-0.3, -0.25) is 0 Å². The van der Waals surface area contributed by atoms with Crippen LogP contribution in [0.1, 0.15) is 31.7 Å². The number of esters is 1. The zero-order chi connectivity index (χ0) is 12.8. The maximum atomic E-state index is 11.8. The molecular formula is C15H16O2S. The van der Waals surface area contributed by atoms with Crippen LogP contribution in [0.5, 0.6) is 0 Å². The molecule has 1 saturated carbocycles. The second kappa shape index (κ2) is 4.16. The maximum absolute atomic E-state index is 11.8. The van der Waals surface area contributed by atoms with Gasteiger partial charge in [0.05, 0.1) is 0 Å². The molecule has 0 bridgehead atoms. The van der Waals surface area contributed by atoms with Gasteiger partial charge in [-0.1, -0.05) is 12.1 Å². The van der Waals surface area contributed by atoms with Crippen LogP contribution in [0.2, 0.25) is 0 Å². The lowest BCUT2D eigenvalue weighted by Gasteiger charge is -2.39. The zero-order valence-corrected chi connectivity index (χ0v) is 11.5. The summed E-state index contributed by atoms with van der Waals surface area (Å²) in [5, 5.41) is 0. The smallest absolute Gasteiger partial charge is 0.335 e. The summed E-state index contributed by atoms with van der Waals surface area (Å²) in [6, 6.07) is 8.42. The van der Waals surface area contributed by atoms with Gasteiger partial charge in [-0.15, -0.1) is 11.8 Å². The molecule has 1 aliphatic carbocycles. The molecule has 1 spiro atoms. The molecule has 94 valence electrons. The second-order valence-corrected chi connectivity index (χ2v) is 5.85. The summed E-state index contributed by atoms with van der Waals surface area (Å²) in [6.45, 7) is 1.88. The minimum absolute atomic E-state index is 0.140. The minimum atomic E-state index is -0.304. The molecule has 0 aromatic heterocycles. The Morgan fingerprint density at radius 3 is 2.39 bits per heavy atom. The van der Waals surface area contributed by atoms with Gasteiger partial charge in [0.1, 0.15) is 5.60 Å². The number of hydrogen-bond donors (Lipinski definition) is 0. The highest BCUT2D eigenvalue weighted by Gasteiger charge is 2.50. The van der Waals surface area contributed by atoms with Crippen molar-refractivity contribution in [3.63, 3.8) is 0 Å². The van der Waals surface area contributed by atoms with E-state index < -0.39 is 0 Å². The molecule has 0 saturated heterocycles. The van der Waals surface area contributed by atoms with E-state index in [1.165, 1.54) is 4.90 Å². The highest BCUT2D eigenvalue weighted by atomic mass is 32.2. The minimum Gasteiger partial charge on any atom is -0.451 e. The van der Waals surface area contributed by atoms with E-state index in [0.717, 1.165) is 36.0 Å². The number of carbonyl (C=O) groups is 1. The van der Waals surface area contributed by atoms with E-state index >= 15 is 0 Å². The average Bonchev–Trinajstić information content (AvgIpc) is 2.62. The molecule has 3 rings (SSSR count). The molecular weight excluding hydrogens is 244 g/mol. The fraction of sp³-hybridized carbons (Fsp3) is 0.400. The Morgan fingerprint density at radius 1 is 1.22 bits per heavy atom. The molecule has 0 unspecified atom stereocenters. The van der Waals surface area contributed by atoms with E-state index in [0.29, 0.717) is 0 Å². The Labute approximate surface area is 111 Å². The van der Waals surface area contributed by atoms with Crippen molar-refractivity contribution in [3.05, 3.63) is 35.4 Å². The molecule has 1 aromatic rings. The molecule has 0 amide bonds. The number of rotatable bonds is 2. The maximum Gasteiger partial charge on any atom is 0.335 e. The Hall–Kier alpha value is -1.22. The molecule has 0 radical (unpaired) electrons. The lowest BCUT2D eigenvalue weighted by molar-refractivity contribution is -0.151. The summed E-state index contributed by atoms with van der Waals surface area (Å²) in [7, 11) is 0. The normalized spacial score (nSPS) is 21.1. The molecule has 18 heavy (non-hydrogen) atoms. The van der Waals surface area contributed by atoms with Crippen molar-refractivity contribution in [2.45, 2.75) is 36.7 Å². The predicted molar refractivity (Wildman–Crippen MR) is 73.5 cm³/mol. The van der Waals surface area contributed by atoms with E-state index in [4.69, 9.17) is 4.74 Å². The van der Waals surface area contributed by atoms with Crippen molar-refractivity contribution < 1.29 is 9.53 Å². The Bertz CT molecular complexity index is 524. The standard InChI is InChI=1S/C15H16O2S/c1-10-13(11-4-6-12(18-2)7-5-11)15(8-3-9-15)17-14(10)16/h4-7H,3,8-9H2,1-2H3. The molecule has 2 nitrogen and oxygen atoms in total. The van der Waals surface area contributed by atoms with Gasteiger partial charge in [-0.05, 0) is 50.1 Å². The number of ether oxygens (including phenoxy) is 1. The summed E-state index contributed by atoms with van der Waals surface area (Å²) in [5.41, 5.74) is 2.73. The van der Waals surface area contributed by atoms with Gasteiger partial charge in [0.2, 0.25) is 0 Å². The molecule has 1 aliphatic heterocycles. The van der Waals surface area contributed by atoms with Crippen LogP contribution in [-0.4, -0.2) is 17.8 Å². The SMILES string of the molecule is CSc1ccc(C2=C(C)C(=O)OC23CCC3)cc1. The lowest BCUT2D eigenvalue weighted by Crippen LogP contribution is -2.38. The van der Waals surface area contributed by atoms with Crippen molar-refractivity contribution in [1.29, 1.82) is 0 Å². The first kappa shape index (κ1) is 11.8. The number of hydrogen-bond acceptors (Lipinski definition) is 3. The van der Waals surface area contributed by atoms with Crippen LogP contribution >= 0.6 is 11.8 Å². The zero-order valence-electron chi connectivity index (χ0n) is 10.7. The fourth-order valence-corrected chi connectivity index (χ4v) is 3.24. The molecule has 0 atom stereocenters. The first-order valence-electron chi connectivity index (χ1n) is 6.25. The van der Waals surface area contributed by atoms with Gasteiger partial charge >= 0.3 is 5.97 Å². The average molecular weight is 260 g/mol. The molecule has 2 aliphatic rings. The largest absolute Gasteiger partial charge is 0.451 e. The third kappa shape index (κ3) is 1.61. The highest BCUT2D eigenvalue weighted by molar-refractivity contribution is 7.98. The van der Waals surface area contributed by atoms with Gasteiger partial charge in [0, 0.05) is 16.0 Å². The molecule has 0 N–H and O–H groups in total. The van der Waals surface area contributed by atoms with Gasteiger partial charge in [0.25, 0.3) is 0 Å². The van der Waals surface area contributed by atoms with E-state index in [1.807, 2.05) is 6.92 Å². The fourth-order valence-electron chi connectivity index (χ4n) is 2.84. The quantitative estimate of drug-likeness (QED) is 0.599. The Kier molecular flexibility index (Phi) is 2.74. The molecule has 1 fully saturated rings. The third-order valence-corrected chi connectivity index (χ3v) is 4.71. The van der Waals surface area contributed by atoms with Gasteiger partial charge in [-0.25, -0.2) is 4.79 Å². The molecule has 3 heteroatoms. The van der Waals surface area contributed by atoms with Crippen molar-refractivity contribution in [2.75, 3.05) is 6.26 Å². The predicted octanol–water partition coefficient (Wildman–Crippen LogP) is 3.66. The van der Waals surface area contributed by atoms with Crippen LogP contribution < -0.4 is 0 Å². The van der Waals surface area contributed by atoms with Gasteiger partial charge < -0.3 is 4.74 Å². The van der Waals surface area contributed by atoms with Gasteiger partial charge in [0.15, 0.2) is 0 Å². The topological polar surface area (TPSA) is 26.3 Å². The van der Waals surface area contributed by atoms with Crippen molar-refractivity contribution in [2.24, 2.45) is 0 Å².